The van der Waals surface area contributed by atoms with Crippen molar-refractivity contribution in [2.24, 2.45) is 0 Å². The van der Waals surface area contributed by atoms with E-state index in [1.54, 1.807) is 6.07 Å². The van der Waals surface area contributed by atoms with Crippen LogP contribution in [0, 0.1) is 5.82 Å². The number of thioether (sulfide) groups is 1. The molecular weight excluding hydrogens is 429 g/mol. The highest BCUT2D eigenvalue weighted by Gasteiger charge is 2.32. The number of amides is 2. The third-order valence-corrected chi connectivity index (χ3v) is 7.73. The highest BCUT2D eigenvalue weighted by Crippen LogP contribution is 2.30. The van der Waals surface area contributed by atoms with Crippen molar-refractivity contribution in [3.8, 4) is 0 Å². The summed E-state index contributed by atoms with van der Waals surface area (Å²) >= 11 is 1.21. The Bertz CT molecular complexity index is 1030. The Morgan fingerprint density at radius 1 is 1.17 bits per heavy atom. The summed E-state index contributed by atoms with van der Waals surface area (Å²) in [6, 6.07) is 8.12. The summed E-state index contributed by atoms with van der Waals surface area (Å²) in [6.07, 6.45) is 3.29. The number of sulfonamides is 1. The van der Waals surface area contributed by atoms with Crippen molar-refractivity contribution in [2.75, 3.05) is 20.6 Å². The smallest absolute Gasteiger partial charge is 0.260 e. The summed E-state index contributed by atoms with van der Waals surface area (Å²) in [4.78, 5) is 31.3. The Balaban J connectivity index is 1.76. The first-order valence-corrected chi connectivity index (χ1v) is 11.7. The molecule has 0 aliphatic carbocycles. The van der Waals surface area contributed by atoms with Crippen LogP contribution < -0.4 is 0 Å². The van der Waals surface area contributed by atoms with Crippen LogP contribution in [-0.2, 0) is 14.8 Å². The number of pyridine rings is 1. The number of benzene rings is 1. The van der Waals surface area contributed by atoms with Gasteiger partial charge in [0.15, 0.2) is 0 Å². The summed E-state index contributed by atoms with van der Waals surface area (Å²) in [5.74, 6) is -1.22. The lowest BCUT2D eigenvalue weighted by Gasteiger charge is -2.22. The minimum atomic E-state index is -3.58. The number of carbonyl (C=O) groups excluding carboxylic acids is 2. The van der Waals surface area contributed by atoms with Crippen LogP contribution in [0.5, 0.6) is 0 Å². The fraction of sp³-hybridized carbons (Fsp3) is 0.350. The molecule has 160 valence electrons. The van der Waals surface area contributed by atoms with Crippen molar-refractivity contribution < 1.29 is 22.4 Å². The molecule has 2 aromatic rings. The Kier molecular flexibility index (Phi) is 6.89. The lowest BCUT2D eigenvalue weighted by Crippen LogP contribution is -2.41. The summed E-state index contributed by atoms with van der Waals surface area (Å²) in [7, 11) is -0.703. The van der Waals surface area contributed by atoms with E-state index in [-0.39, 0.29) is 16.4 Å². The predicted octanol–water partition coefficient (Wildman–Crippen LogP) is 2.78. The Morgan fingerprint density at radius 2 is 1.87 bits per heavy atom. The molecule has 1 aromatic heterocycles. The van der Waals surface area contributed by atoms with E-state index in [1.165, 1.54) is 67.3 Å². The van der Waals surface area contributed by atoms with E-state index in [0.717, 1.165) is 10.7 Å². The van der Waals surface area contributed by atoms with Crippen LogP contribution in [0.4, 0.5) is 4.39 Å². The maximum Gasteiger partial charge on any atom is 0.260 e. The molecule has 2 amide bonds. The molecule has 0 unspecified atom stereocenters. The maximum absolute atomic E-state index is 13.1. The number of hydrogen-bond donors (Lipinski definition) is 0. The largest absolute Gasteiger partial charge is 0.278 e. The fourth-order valence-electron chi connectivity index (χ4n) is 3.01. The van der Waals surface area contributed by atoms with Gasteiger partial charge in [0.25, 0.3) is 5.91 Å². The molecule has 1 saturated heterocycles. The van der Waals surface area contributed by atoms with Gasteiger partial charge in [-0.2, -0.15) is 0 Å². The molecule has 7 nitrogen and oxygen atoms in total. The average Bonchev–Trinajstić information content (AvgIpc) is 2.90. The van der Waals surface area contributed by atoms with Crippen molar-refractivity contribution in [2.45, 2.75) is 34.4 Å². The zero-order valence-electron chi connectivity index (χ0n) is 16.6. The van der Waals surface area contributed by atoms with Gasteiger partial charge in [-0.3, -0.25) is 14.5 Å². The van der Waals surface area contributed by atoms with Crippen LogP contribution in [0.2, 0.25) is 0 Å². The number of likely N-dealkylation sites (tertiary alicyclic amines) is 1. The van der Waals surface area contributed by atoms with E-state index in [4.69, 9.17) is 0 Å². The highest BCUT2D eigenvalue weighted by atomic mass is 32.2. The van der Waals surface area contributed by atoms with Crippen LogP contribution in [0.3, 0.4) is 0 Å². The van der Waals surface area contributed by atoms with Crippen LogP contribution >= 0.6 is 11.8 Å². The van der Waals surface area contributed by atoms with Crippen LogP contribution in [0.25, 0.3) is 0 Å². The zero-order valence-corrected chi connectivity index (χ0v) is 18.2. The second-order valence-corrected chi connectivity index (χ2v) is 10.4. The predicted molar refractivity (Wildman–Crippen MR) is 111 cm³/mol. The molecule has 1 atom stereocenters. The first-order chi connectivity index (χ1) is 14.2. The van der Waals surface area contributed by atoms with Gasteiger partial charge in [-0.15, -0.1) is 0 Å². The molecule has 1 aromatic carbocycles. The van der Waals surface area contributed by atoms with E-state index >= 15 is 0 Å². The summed E-state index contributed by atoms with van der Waals surface area (Å²) < 4.78 is 38.6. The quantitative estimate of drug-likeness (QED) is 0.650. The molecule has 3 rings (SSSR count). The highest BCUT2D eigenvalue weighted by molar-refractivity contribution is 8.00. The van der Waals surface area contributed by atoms with E-state index in [2.05, 4.69) is 4.98 Å². The molecule has 1 aliphatic rings. The van der Waals surface area contributed by atoms with E-state index in [0.29, 0.717) is 24.4 Å². The molecule has 30 heavy (non-hydrogen) atoms. The van der Waals surface area contributed by atoms with Crippen molar-refractivity contribution in [3.05, 3.63) is 54.0 Å². The SMILES string of the molecule is CN(C)S(=O)(=O)c1ccc(S[C@@H]2CCCCN(C(=O)c3ccc(F)cc3)C2=O)nc1. The number of aromatic nitrogens is 1. The lowest BCUT2D eigenvalue weighted by molar-refractivity contribution is -0.127. The van der Waals surface area contributed by atoms with Crippen molar-refractivity contribution in [3.63, 3.8) is 0 Å². The normalized spacial score (nSPS) is 17.8. The van der Waals surface area contributed by atoms with Gasteiger partial charge in [-0.05, 0) is 49.2 Å². The van der Waals surface area contributed by atoms with Gasteiger partial charge in [0.2, 0.25) is 15.9 Å². The first kappa shape index (κ1) is 22.4. The van der Waals surface area contributed by atoms with Crippen LogP contribution in [-0.4, -0.2) is 60.3 Å². The number of rotatable bonds is 5. The third kappa shape index (κ3) is 4.88. The number of carbonyl (C=O) groups is 2. The van der Waals surface area contributed by atoms with Gasteiger partial charge in [0.1, 0.15) is 10.7 Å². The van der Waals surface area contributed by atoms with Gasteiger partial charge in [0.05, 0.1) is 10.3 Å². The van der Waals surface area contributed by atoms with E-state index in [9.17, 15) is 22.4 Å². The molecule has 0 radical (unpaired) electrons. The van der Waals surface area contributed by atoms with Crippen molar-refractivity contribution in [1.82, 2.24) is 14.2 Å². The third-order valence-electron chi connectivity index (χ3n) is 4.73. The topological polar surface area (TPSA) is 87.7 Å². The number of nitrogens with zero attached hydrogens (tertiary/aromatic N) is 3. The molecule has 10 heteroatoms. The van der Waals surface area contributed by atoms with Gasteiger partial charge in [-0.1, -0.05) is 18.2 Å². The molecule has 2 heterocycles. The van der Waals surface area contributed by atoms with Crippen LogP contribution in [0.1, 0.15) is 29.6 Å². The number of imide groups is 1. The molecule has 1 aliphatic heterocycles. The Hall–Kier alpha value is -2.30. The average molecular weight is 452 g/mol. The summed E-state index contributed by atoms with van der Waals surface area (Å²) in [6.45, 7) is 0.305. The van der Waals surface area contributed by atoms with Crippen LogP contribution in [0.15, 0.2) is 52.5 Å². The van der Waals surface area contributed by atoms with E-state index in [1.807, 2.05) is 0 Å². The fourth-order valence-corrected chi connectivity index (χ4v) is 4.92. The minimum Gasteiger partial charge on any atom is -0.278 e. The van der Waals surface area contributed by atoms with Gasteiger partial charge in [0, 0.05) is 32.4 Å². The molecule has 1 fully saturated rings. The molecular formula is C20H22FN3O4S2. The standard InChI is InChI=1S/C20H22FN3O4S2/c1-23(2)30(27,28)16-10-11-18(22-13-16)29-17-5-3-4-12-24(20(17)26)19(25)14-6-8-15(21)9-7-14/h6-11,13,17H,3-5,12H2,1-2H3/t17-/m1/s1. The Labute approximate surface area is 179 Å². The van der Waals surface area contributed by atoms with Crippen molar-refractivity contribution in [1.29, 1.82) is 0 Å². The molecule has 0 saturated carbocycles. The molecule has 0 bridgehead atoms. The first-order valence-electron chi connectivity index (χ1n) is 9.36. The number of halogens is 1. The summed E-state index contributed by atoms with van der Waals surface area (Å²) in [5.41, 5.74) is 0.256. The second kappa shape index (κ2) is 9.23. The Morgan fingerprint density at radius 3 is 2.47 bits per heavy atom. The zero-order chi connectivity index (χ0) is 21.9. The van der Waals surface area contributed by atoms with Gasteiger partial charge >= 0.3 is 0 Å². The van der Waals surface area contributed by atoms with Gasteiger partial charge in [-0.25, -0.2) is 22.1 Å². The number of hydrogen-bond acceptors (Lipinski definition) is 6. The second-order valence-electron chi connectivity index (χ2n) is 7.02. The van der Waals surface area contributed by atoms with Crippen molar-refractivity contribution >= 4 is 33.6 Å². The molecule has 0 spiro atoms. The lowest BCUT2D eigenvalue weighted by atomic mass is 10.2. The van der Waals surface area contributed by atoms with Gasteiger partial charge < -0.3 is 0 Å². The maximum atomic E-state index is 13.1. The minimum absolute atomic E-state index is 0.0668. The molecule has 0 N–H and O–H groups in total. The summed E-state index contributed by atoms with van der Waals surface area (Å²) in [5, 5.41) is -0.0113. The monoisotopic (exact) mass is 451 g/mol. The van der Waals surface area contributed by atoms with E-state index < -0.39 is 27.0 Å².